The molecule has 0 radical (unpaired) electrons. The van der Waals surface area contributed by atoms with Crippen LogP contribution in [0.15, 0.2) is 30.3 Å². The Morgan fingerprint density at radius 3 is 2.70 bits per heavy atom. The first-order valence-corrected chi connectivity index (χ1v) is 7.50. The predicted molar refractivity (Wildman–Crippen MR) is 95.5 cm³/mol. The summed E-state index contributed by atoms with van der Waals surface area (Å²) >= 11 is 1.52. The predicted octanol–water partition coefficient (Wildman–Crippen LogP) is 3.09. The fourth-order valence-corrected chi connectivity index (χ4v) is 3.24. The van der Waals surface area contributed by atoms with Crippen LogP contribution in [-0.2, 0) is 9.59 Å². The number of rotatable bonds is 3. The molecule has 2 heterocycles. The number of carboxylic acids is 1. The Morgan fingerprint density at radius 1 is 1.30 bits per heavy atom. The van der Waals surface area contributed by atoms with Crippen LogP contribution in [-0.4, -0.2) is 40.0 Å². The lowest BCUT2D eigenvalue weighted by molar-refractivity contribution is -0.141. The lowest BCUT2D eigenvalue weighted by Gasteiger charge is -2.12. The fourth-order valence-electron chi connectivity index (χ4n) is 2.37. The summed E-state index contributed by atoms with van der Waals surface area (Å²) in [6.07, 6.45) is 3.69. The number of aliphatic carboxylic acids is 1. The SMILES string of the molecule is Cl.Cl.O=C(O)C1CCN(C(=O)/C=C/c2nc3ccccc3s2)C1. The number of amides is 1. The first kappa shape index (κ1) is 19.4. The van der Waals surface area contributed by atoms with Gasteiger partial charge in [0.2, 0.25) is 5.91 Å². The van der Waals surface area contributed by atoms with Crippen LogP contribution in [0.5, 0.6) is 0 Å². The molecule has 2 aromatic rings. The number of nitrogens with zero attached hydrogens (tertiary/aromatic N) is 2. The molecule has 1 fully saturated rings. The number of carbonyl (C=O) groups is 2. The maximum atomic E-state index is 12.0. The molecule has 8 heteroatoms. The summed E-state index contributed by atoms with van der Waals surface area (Å²) in [6.45, 7) is 0.790. The second-order valence-corrected chi connectivity index (χ2v) is 6.02. The van der Waals surface area contributed by atoms with Crippen molar-refractivity contribution < 1.29 is 14.7 Å². The zero-order valence-corrected chi connectivity index (χ0v) is 14.5. The van der Waals surface area contributed by atoms with Crippen molar-refractivity contribution in [3.05, 3.63) is 35.3 Å². The number of fused-ring (bicyclic) bond motifs is 1. The van der Waals surface area contributed by atoms with Crippen LogP contribution < -0.4 is 0 Å². The molecular formula is C15H16Cl2N2O3S. The first-order valence-electron chi connectivity index (χ1n) is 6.69. The highest BCUT2D eigenvalue weighted by Crippen LogP contribution is 2.23. The lowest BCUT2D eigenvalue weighted by atomic mass is 10.1. The lowest BCUT2D eigenvalue weighted by Crippen LogP contribution is -2.28. The van der Waals surface area contributed by atoms with E-state index < -0.39 is 11.9 Å². The third-order valence-corrected chi connectivity index (χ3v) is 4.53. The second-order valence-electron chi connectivity index (χ2n) is 4.96. The van der Waals surface area contributed by atoms with Gasteiger partial charge >= 0.3 is 5.97 Å². The average Bonchev–Trinajstić information content (AvgIpc) is 3.11. The largest absolute Gasteiger partial charge is 0.481 e. The Kier molecular flexibility index (Phi) is 7.00. The standard InChI is InChI=1S/C15H14N2O3S.2ClH/c18-14(17-8-7-10(9-17)15(19)20)6-5-13-16-11-3-1-2-4-12(11)21-13;;/h1-6,10H,7-9H2,(H,19,20);2*1H/b6-5+;;. The molecule has 0 spiro atoms. The van der Waals surface area contributed by atoms with Gasteiger partial charge < -0.3 is 10.0 Å². The quantitative estimate of drug-likeness (QED) is 0.837. The summed E-state index contributed by atoms with van der Waals surface area (Å²) < 4.78 is 1.08. The molecule has 1 amide bonds. The Bertz CT molecular complexity index is 699. The summed E-state index contributed by atoms with van der Waals surface area (Å²) in [5.74, 6) is -1.43. The van der Waals surface area contributed by atoms with Gasteiger partial charge in [0.25, 0.3) is 0 Å². The summed E-state index contributed by atoms with van der Waals surface area (Å²) in [4.78, 5) is 28.9. The van der Waals surface area contributed by atoms with E-state index in [0.717, 1.165) is 15.2 Å². The zero-order valence-electron chi connectivity index (χ0n) is 12.0. The van der Waals surface area contributed by atoms with E-state index in [1.165, 1.54) is 17.4 Å². The minimum atomic E-state index is -0.833. The smallest absolute Gasteiger partial charge is 0.308 e. The van der Waals surface area contributed by atoms with Crippen molar-refractivity contribution in [2.24, 2.45) is 5.92 Å². The van der Waals surface area contributed by atoms with Crippen LogP contribution in [0.25, 0.3) is 16.3 Å². The van der Waals surface area contributed by atoms with Crippen molar-refractivity contribution in [2.75, 3.05) is 13.1 Å². The van der Waals surface area contributed by atoms with E-state index in [4.69, 9.17) is 5.11 Å². The van der Waals surface area contributed by atoms with Gasteiger partial charge in [-0.15, -0.1) is 36.2 Å². The molecule has 1 saturated heterocycles. The molecule has 1 unspecified atom stereocenters. The highest BCUT2D eigenvalue weighted by molar-refractivity contribution is 7.19. The maximum Gasteiger partial charge on any atom is 0.308 e. The van der Waals surface area contributed by atoms with Gasteiger partial charge in [-0.05, 0) is 24.6 Å². The third kappa shape index (κ3) is 4.43. The Labute approximate surface area is 149 Å². The van der Waals surface area contributed by atoms with E-state index >= 15 is 0 Å². The Morgan fingerprint density at radius 2 is 2.04 bits per heavy atom. The van der Waals surface area contributed by atoms with Crippen LogP contribution in [0, 0.1) is 5.92 Å². The number of likely N-dealkylation sites (tertiary alicyclic amines) is 1. The third-order valence-electron chi connectivity index (χ3n) is 3.53. The number of aromatic nitrogens is 1. The van der Waals surface area contributed by atoms with Gasteiger partial charge in [0.15, 0.2) is 0 Å². The molecule has 0 aliphatic carbocycles. The molecule has 3 rings (SSSR count). The summed E-state index contributed by atoms with van der Waals surface area (Å²) in [5.41, 5.74) is 0.918. The van der Waals surface area contributed by atoms with E-state index in [1.807, 2.05) is 24.3 Å². The van der Waals surface area contributed by atoms with Gasteiger partial charge in [-0.2, -0.15) is 0 Å². The van der Waals surface area contributed by atoms with Crippen LogP contribution in [0.2, 0.25) is 0 Å². The minimum absolute atomic E-state index is 0. The van der Waals surface area contributed by atoms with Crippen molar-refractivity contribution in [1.29, 1.82) is 0 Å². The number of halogens is 2. The highest BCUT2D eigenvalue weighted by atomic mass is 35.5. The Balaban J connectivity index is 0.00000132. The van der Waals surface area contributed by atoms with Gasteiger partial charge in [-0.3, -0.25) is 9.59 Å². The van der Waals surface area contributed by atoms with E-state index in [0.29, 0.717) is 19.5 Å². The molecule has 0 saturated carbocycles. The summed E-state index contributed by atoms with van der Waals surface area (Å²) in [5, 5.41) is 9.71. The van der Waals surface area contributed by atoms with Crippen LogP contribution in [0.4, 0.5) is 0 Å². The molecule has 1 aromatic carbocycles. The number of carboxylic acid groups (broad SMARTS) is 1. The summed E-state index contributed by atoms with van der Waals surface area (Å²) in [6, 6.07) is 7.80. The number of carbonyl (C=O) groups excluding carboxylic acids is 1. The van der Waals surface area contributed by atoms with Crippen molar-refractivity contribution in [3.63, 3.8) is 0 Å². The normalized spacial score (nSPS) is 17.0. The number of para-hydroxylation sites is 1. The average molecular weight is 375 g/mol. The van der Waals surface area contributed by atoms with E-state index in [9.17, 15) is 9.59 Å². The maximum absolute atomic E-state index is 12.0. The minimum Gasteiger partial charge on any atom is -0.481 e. The van der Waals surface area contributed by atoms with Crippen molar-refractivity contribution in [1.82, 2.24) is 9.88 Å². The zero-order chi connectivity index (χ0) is 14.8. The van der Waals surface area contributed by atoms with Gasteiger partial charge in [-0.1, -0.05) is 12.1 Å². The van der Waals surface area contributed by atoms with Crippen LogP contribution in [0.1, 0.15) is 11.4 Å². The van der Waals surface area contributed by atoms with Gasteiger partial charge in [0.05, 0.1) is 16.1 Å². The molecule has 1 atom stereocenters. The topological polar surface area (TPSA) is 70.5 Å². The molecule has 1 aromatic heterocycles. The molecular weight excluding hydrogens is 359 g/mol. The number of thiazole rings is 1. The first-order chi connectivity index (χ1) is 10.1. The van der Waals surface area contributed by atoms with Crippen LogP contribution >= 0.6 is 36.2 Å². The molecule has 0 bridgehead atoms. The molecule has 5 nitrogen and oxygen atoms in total. The van der Waals surface area contributed by atoms with Gasteiger partial charge in [0, 0.05) is 19.2 Å². The molecule has 1 aliphatic rings. The van der Waals surface area contributed by atoms with E-state index in [-0.39, 0.29) is 30.7 Å². The van der Waals surface area contributed by atoms with Gasteiger partial charge in [-0.25, -0.2) is 4.98 Å². The fraction of sp³-hybridized carbons (Fsp3) is 0.267. The highest BCUT2D eigenvalue weighted by Gasteiger charge is 2.29. The van der Waals surface area contributed by atoms with E-state index in [1.54, 1.807) is 11.0 Å². The molecule has 1 aliphatic heterocycles. The number of hydrogen-bond donors (Lipinski definition) is 1. The monoisotopic (exact) mass is 374 g/mol. The second kappa shape index (κ2) is 8.29. The number of benzene rings is 1. The van der Waals surface area contributed by atoms with Gasteiger partial charge in [0.1, 0.15) is 5.01 Å². The van der Waals surface area contributed by atoms with E-state index in [2.05, 4.69) is 4.98 Å². The van der Waals surface area contributed by atoms with Crippen LogP contribution in [0.3, 0.4) is 0 Å². The molecule has 124 valence electrons. The van der Waals surface area contributed by atoms with Crippen molar-refractivity contribution in [3.8, 4) is 0 Å². The summed E-state index contributed by atoms with van der Waals surface area (Å²) in [7, 11) is 0. The van der Waals surface area contributed by atoms with Crippen molar-refractivity contribution >= 4 is 64.3 Å². The van der Waals surface area contributed by atoms with Crippen molar-refractivity contribution in [2.45, 2.75) is 6.42 Å². The number of hydrogen-bond acceptors (Lipinski definition) is 4. The molecule has 23 heavy (non-hydrogen) atoms. The molecule has 1 N–H and O–H groups in total. The Hall–Kier alpha value is -1.63.